The molecular formula is C19H33Cl2N5OS. The quantitative estimate of drug-likeness (QED) is 0.740. The van der Waals surface area contributed by atoms with Gasteiger partial charge >= 0.3 is 0 Å². The summed E-state index contributed by atoms with van der Waals surface area (Å²) in [5.41, 5.74) is 7.14. The Hall–Kier alpha value is -0.310. The number of halogens is 2. The van der Waals surface area contributed by atoms with Crippen LogP contribution in [0.15, 0.2) is 6.07 Å². The average Bonchev–Trinajstić information content (AvgIpc) is 2.66. The molecule has 28 heavy (non-hydrogen) atoms. The molecule has 0 atom stereocenters. The van der Waals surface area contributed by atoms with Gasteiger partial charge in [-0.15, -0.1) is 24.8 Å². The first-order valence-electron chi connectivity index (χ1n) is 9.92. The van der Waals surface area contributed by atoms with Gasteiger partial charge < -0.3 is 15.4 Å². The van der Waals surface area contributed by atoms with Crippen LogP contribution in [0.5, 0.6) is 0 Å². The Bertz CT molecular complexity index is 606. The maximum Gasteiger partial charge on any atom is 0.156 e. The number of rotatable bonds is 5. The number of methoxy groups -OCH3 is 1. The zero-order valence-corrected chi connectivity index (χ0v) is 19.0. The highest BCUT2D eigenvalue weighted by molar-refractivity contribution is 7.99. The van der Waals surface area contributed by atoms with Crippen molar-refractivity contribution in [1.82, 2.24) is 14.9 Å². The lowest BCUT2D eigenvalue weighted by atomic mass is 9.78. The van der Waals surface area contributed by atoms with Crippen molar-refractivity contribution in [1.29, 1.82) is 0 Å². The van der Waals surface area contributed by atoms with E-state index in [4.69, 9.17) is 20.4 Å². The number of piperidine rings is 1. The second kappa shape index (κ2) is 11.2. The largest absolute Gasteiger partial charge is 0.377 e. The Labute approximate surface area is 185 Å². The van der Waals surface area contributed by atoms with Crippen LogP contribution in [0.1, 0.15) is 43.1 Å². The van der Waals surface area contributed by atoms with Crippen molar-refractivity contribution < 1.29 is 4.74 Å². The monoisotopic (exact) mass is 449 g/mol. The molecule has 0 spiro atoms. The van der Waals surface area contributed by atoms with Gasteiger partial charge in [0.2, 0.25) is 0 Å². The summed E-state index contributed by atoms with van der Waals surface area (Å²) >= 11 is 2.09. The van der Waals surface area contributed by atoms with Crippen LogP contribution < -0.4 is 10.6 Å². The van der Waals surface area contributed by atoms with Gasteiger partial charge in [0.05, 0.1) is 0 Å². The van der Waals surface area contributed by atoms with Gasteiger partial charge in [-0.05, 0) is 25.7 Å². The molecule has 9 heteroatoms. The summed E-state index contributed by atoms with van der Waals surface area (Å²) in [6.45, 7) is 5.16. The third-order valence-corrected chi connectivity index (χ3v) is 6.94. The fraction of sp³-hybridized carbons (Fsp3) is 0.789. The first kappa shape index (κ1) is 24.0. The lowest BCUT2D eigenvalue weighted by Gasteiger charge is -2.40. The number of hydrogen-bond donors (Lipinski definition) is 1. The molecule has 1 aromatic rings. The van der Waals surface area contributed by atoms with Crippen LogP contribution in [0.25, 0.3) is 0 Å². The van der Waals surface area contributed by atoms with Crippen molar-refractivity contribution in [3.63, 3.8) is 0 Å². The van der Waals surface area contributed by atoms with E-state index in [-0.39, 0.29) is 24.8 Å². The summed E-state index contributed by atoms with van der Waals surface area (Å²) in [7, 11) is 1.71. The molecule has 160 valence electrons. The van der Waals surface area contributed by atoms with E-state index in [1.807, 2.05) is 0 Å². The molecule has 2 saturated heterocycles. The van der Waals surface area contributed by atoms with E-state index in [0.717, 1.165) is 49.3 Å². The van der Waals surface area contributed by atoms with Crippen molar-refractivity contribution in [2.24, 2.45) is 5.73 Å². The lowest BCUT2D eigenvalue weighted by molar-refractivity contribution is 0.176. The van der Waals surface area contributed by atoms with Gasteiger partial charge in [-0.1, -0.05) is 0 Å². The van der Waals surface area contributed by atoms with Crippen LogP contribution in [0.4, 0.5) is 5.82 Å². The van der Waals surface area contributed by atoms with Gasteiger partial charge in [0, 0.05) is 74.6 Å². The standard InChI is InChI=1S/C19H31N5OS.2ClH/c1-25-13-18-21-17(14-10-15(20)11-14)12-19(22-18)24-4-2-16(3-5-24)23-6-8-26-9-7-23;;/h12,14-16H,2-11,13,20H2,1H3;2*1H. The zero-order valence-electron chi connectivity index (χ0n) is 16.6. The maximum atomic E-state index is 5.99. The molecule has 4 rings (SSSR count). The summed E-state index contributed by atoms with van der Waals surface area (Å²) in [5, 5.41) is 0. The van der Waals surface area contributed by atoms with E-state index in [9.17, 15) is 0 Å². The first-order valence-corrected chi connectivity index (χ1v) is 11.1. The fourth-order valence-electron chi connectivity index (χ4n) is 4.37. The number of thioether (sulfide) groups is 1. The summed E-state index contributed by atoms with van der Waals surface area (Å²) in [5.74, 6) is 4.95. The van der Waals surface area contributed by atoms with Gasteiger partial charge in [0.15, 0.2) is 5.82 Å². The first-order chi connectivity index (χ1) is 12.7. The molecule has 1 aliphatic carbocycles. The summed E-state index contributed by atoms with van der Waals surface area (Å²) in [6, 6.07) is 3.28. The molecule has 3 heterocycles. The van der Waals surface area contributed by atoms with Crippen molar-refractivity contribution in [2.45, 2.75) is 50.3 Å². The molecule has 3 fully saturated rings. The smallest absolute Gasteiger partial charge is 0.156 e. The van der Waals surface area contributed by atoms with Crippen LogP contribution in [0.2, 0.25) is 0 Å². The Morgan fingerprint density at radius 2 is 1.79 bits per heavy atom. The molecule has 1 aromatic heterocycles. The van der Waals surface area contributed by atoms with E-state index >= 15 is 0 Å². The van der Waals surface area contributed by atoms with E-state index in [1.165, 1.54) is 37.4 Å². The van der Waals surface area contributed by atoms with Crippen molar-refractivity contribution in [2.75, 3.05) is 49.7 Å². The number of hydrogen-bond acceptors (Lipinski definition) is 7. The molecule has 6 nitrogen and oxygen atoms in total. The molecular weight excluding hydrogens is 417 g/mol. The van der Waals surface area contributed by atoms with E-state index in [1.54, 1.807) is 7.11 Å². The minimum atomic E-state index is 0. The van der Waals surface area contributed by atoms with Crippen LogP contribution in [0.3, 0.4) is 0 Å². The zero-order chi connectivity index (χ0) is 17.9. The van der Waals surface area contributed by atoms with Crippen molar-refractivity contribution >= 4 is 42.4 Å². The lowest BCUT2D eigenvalue weighted by Crippen LogP contribution is -2.48. The Balaban J connectivity index is 0.00000140. The summed E-state index contributed by atoms with van der Waals surface area (Å²) in [6.07, 6.45) is 4.55. The van der Waals surface area contributed by atoms with Gasteiger partial charge in [0.25, 0.3) is 0 Å². The highest BCUT2D eigenvalue weighted by atomic mass is 35.5. The topological polar surface area (TPSA) is 67.5 Å². The average molecular weight is 450 g/mol. The van der Waals surface area contributed by atoms with Crippen molar-refractivity contribution in [3.8, 4) is 0 Å². The minimum absolute atomic E-state index is 0. The Kier molecular flexibility index (Phi) is 9.57. The number of anilines is 1. The van der Waals surface area contributed by atoms with E-state index < -0.39 is 0 Å². The highest BCUT2D eigenvalue weighted by Crippen LogP contribution is 2.36. The molecule has 0 unspecified atom stereocenters. The molecule has 2 N–H and O–H groups in total. The maximum absolute atomic E-state index is 5.99. The predicted octanol–water partition coefficient (Wildman–Crippen LogP) is 2.69. The Morgan fingerprint density at radius 3 is 2.39 bits per heavy atom. The molecule has 2 aliphatic heterocycles. The van der Waals surface area contributed by atoms with E-state index in [0.29, 0.717) is 18.6 Å². The molecule has 0 bridgehead atoms. The van der Waals surface area contributed by atoms with Crippen LogP contribution >= 0.6 is 36.6 Å². The van der Waals surface area contributed by atoms with Gasteiger partial charge in [-0.25, -0.2) is 9.97 Å². The summed E-state index contributed by atoms with van der Waals surface area (Å²) < 4.78 is 5.30. The highest BCUT2D eigenvalue weighted by Gasteiger charge is 2.31. The van der Waals surface area contributed by atoms with Gasteiger partial charge in [-0.3, -0.25) is 4.90 Å². The van der Waals surface area contributed by atoms with Gasteiger partial charge in [0.1, 0.15) is 12.4 Å². The third-order valence-electron chi connectivity index (χ3n) is 6.00. The third kappa shape index (κ3) is 5.64. The number of ether oxygens (including phenoxy) is 1. The van der Waals surface area contributed by atoms with Crippen molar-refractivity contribution in [3.05, 3.63) is 17.6 Å². The van der Waals surface area contributed by atoms with Gasteiger partial charge in [-0.2, -0.15) is 11.8 Å². The molecule has 1 saturated carbocycles. The Morgan fingerprint density at radius 1 is 1.11 bits per heavy atom. The number of nitrogens with two attached hydrogens (primary N) is 1. The minimum Gasteiger partial charge on any atom is -0.377 e. The SMILES string of the molecule is COCc1nc(C2CC(N)C2)cc(N2CCC(N3CCSCC3)CC2)n1.Cl.Cl. The van der Waals surface area contributed by atoms with Crippen LogP contribution in [0, 0.1) is 0 Å². The second-order valence-corrected chi connectivity index (χ2v) is 9.02. The number of nitrogens with zero attached hydrogens (tertiary/aromatic N) is 4. The van der Waals surface area contributed by atoms with Crippen LogP contribution in [-0.4, -0.2) is 71.7 Å². The predicted molar refractivity (Wildman–Crippen MR) is 121 cm³/mol. The fourth-order valence-corrected chi connectivity index (χ4v) is 5.31. The second-order valence-electron chi connectivity index (χ2n) is 7.80. The molecule has 0 aromatic carbocycles. The number of aromatic nitrogens is 2. The van der Waals surface area contributed by atoms with Crippen LogP contribution in [-0.2, 0) is 11.3 Å². The molecule has 0 amide bonds. The summed E-state index contributed by atoms with van der Waals surface area (Å²) in [4.78, 5) is 14.7. The molecule has 3 aliphatic rings. The molecule has 0 radical (unpaired) electrons. The normalized spacial score (nSPS) is 26.1. The van der Waals surface area contributed by atoms with E-state index in [2.05, 4.69) is 27.6 Å².